The van der Waals surface area contributed by atoms with E-state index < -0.39 is 11.9 Å². The van der Waals surface area contributed by atoms with Crippen molar-refractivity contribution in [3.63, 3.8) is 0 Å². The van der Waals surface area contributed by atoms with Crippen LogP contribution in [-0.2, 0) is 11.2 Å². The average molecular weight is 332 g/mol. The third-order valence-corrected chi connectivity index (χ3v) is 4.43. The number of carboxylic acid groups (broad SMARTS) is 1. The zero-order valence-electron chi connectivity index (χ0n) is 12.5. The molecule has 1 aromatic carbocycles. The van der Waals surface area contributed by atoms with E-state index in [4.69, 9.17) is 0 Å². The molecule has 0 aliphatic carbocycles. The molecule has 8 nitrogen and oxygen atoms in total. The third-order valence-electron chi connectivity index (χ3n) is 3.87. The second-order valence-corrected chi connectivity index (χ2v) is 5.93. The minimum absolute atomic E-state index is 0.338. The Morgan fingerprint density at radius 3 is 2.87 bits per heavy atom. The van der Waals surface area contributed by atoms with Crippen LogP contribution in [0.4, 0.5) is 0 Å². The summed E-state index contributed by atoms with van der Waals surface area (Å²) in [6.07, 6.45) is 1.86. The molecule has 3 aromatic rings. The van der Waals surface area contributed by atoms with Crippen molar-refractivity contribution in [2.24, 2.45) is 5.92 Å². The second-order valence-electron chi connectivity index (χ2n) is 5.40. The van der Waals surface area contributed by atoms with E-state index in [2.05, 4.69) is 29.4 Å². The summed E-state index contributed by atoms with van der Waals surface area (Å²) >= 11 is 1.16. The number of fused-ring (bicyclic) bond motifs is 1. The maximum Gasteiger partial charge on any atom is 0.307 e. The third kappa shape index (κ3) is 3.34. The number of aliphatic carboxylic acids is 1. The lowest BCUT2D eigenvalue weighted by atomic mass is 9.83. The lowest BCUT2D eigenvalue weighted by Crippen LogP contribution is -2.25. The molecule has 2 heterocycles. The van der Waals surface area contributed by atoms with Gasteiger partial charge in [0.15, 0.2) is 5.82 Å². The van der Waals surface area contributed by atoms with Gasteiger partial charge in [-0.15, -0.1) is 10.2 Å². The van der Waals surface area contributed by atoms with E-state index in [0.29, 0.717) is 18.7 Å². The first-order valence-corrected chi connectivity index (χ1v) is 8.09. The van der Waals surface area contributed by atoms with E-state index in [9.17, 15) is 9.90 Å². The van der Waals surface area contributed by atoms with E-state index in [1.165, 1.54) is 0 Å². The molecule has 0 aliphatic heterocycles. The first kappa shape index (κ1) is 15.5. The van der Waals surface area contributed by atoms with Crippen molar-refractivity contribution in [3.05, 3.63) is 29.6 Å². The molecule has 0 fully saturated rings. The molecule has 0 amide bonds. The lowest BCUT2D eigenvalue weighted by Gasteiger charge is -2.20. The number of hydrogen-bond donors (Lipinski definition) is 2. The Kier molecular flexibility index (Phi) is 4.56. The zero-order valence-corrected chi connectivity index (χ0v) is 13.3. The molecular weight excluding hydrogens is 316 g/mol. The summed E-state index contributed by atoms with van der Waals surface area (Å²) in [6, 6.07) is 5.79. The molecule has 0 bridgehead atoms. The number of tetrazole rings is 1. The van der Waals surface area contributed by atoms with Gasteiger partial charge >= 0.3 is 5.97 Å². The fourth-order valence-corrected chi connectivity index (χ4v) is 3.27. The second kappa shape index (κ2) is 6.78. The van der Waals surface area contributed by atoms with E-state index in [0.717, 1.165) is 34.7 Å². The maximum absolute atomic E-state index is 11.7. The standard InChI is InChI=1S/C14H16N6O2S/c1-2-3-9(14(21)22)10(13-15-19-20-16-13)6-8-4-5-11-12(7-8)18-23-17-11/h4-5,7,9-10H,2-3,6H2,1H3,(H,21,22)(H,15,16,19,20)/t9-,10-/m0/s1. The number of rotatable bonds is 7. The molecule has 0 saturated heterocycles. The minimum Gasteiger partial charge on any atom is -0.481 e. The molecule has 0 spiro atoms. The van der Waals surface area contributed by atoms with Crippen molar-refractivity contribution >= 4 is 28.7 Å². The fourth-order valence-electron chi connectivity index (χ4n) is 2.76. The minimum atomic E-state index is -0.835. The predicted octanol–water partition coefficient (Wildman–Crippen LogP) is 2.03. The van der Waals surface area contributed by atoms with E-state index in [1.807, 2.05) is 25.1 Å². The predicted molar refractivity (Wildman–Crippen MR) is 84.1 cm³/mol. The molecule has 0 aliphatic rings. The monoisotopic (exact) mass is 332 g/mol. The molecule has 120 valence electrons. The summed E-state index contributed by atoms with van der Waals surface area (Å²) in [4.78, 5) is 11.7. The summed E-state index contributed by atoms with van der Waals surface area (Å²) < 4.78 is 8.41. The van der Waals surface area contributed by atoms with Crippen molar-refractivity contribution in [1.82, 2.24) is 29.4 Å². The van der Waals surface area contributed by atoms with Crippen LogP contribution in [0.15, 0.2) is 18.2 Å². The Labute approximate surface area is 136 Å². The number of aromatic amines is 1. The van der Waals surface area contributed by atoms with Gasteiger partial charge in [0.25, 0.3) is 0 Å². The number of hydrogen-bond acceptors (Lipinski definition) is 7. The Morgan fingerprint density at radius 2 is 2.17 bits per heavy atom. The van der Waals surface area contributed by atoms with Gasteiger partial charge in [-0.3, -0.25) is 4.79 Å². The first-order valence-electron chi connectivity index (χ1n) is 7.36. The molecule has 2 N–H and O–H groups in total. The van der Waals surface area contributed by atoms with Crippen LogP contribution < -0.4 is 0 Å². The Morgan fingerprint density at radius 1 is 1.35 bits per heavy atom. The number of nitrogens with one attached hydrogen (secondary N) is 1. The summed E-state index contributed by atoms with van der Waals surface area (Å²) in [6.45, 7) is 1.97. The van der Waals surface area contributed by atoms with Crippen LogP contribution in [0, 0.1) is 5.92 Å². The zero-order chi connectivity index (χ0) is 16.2. The molecule has 0 radical (unpaired) electrons. The van der Waals surface area contributed by atoms with Gasteiger partial charge in [0.2, 0.25) is 0 Å². The highest BCUT2D eigenvalue weighted by atomic mass is 32.1. The highest BCUT2D eigenvalue weighted by Gasteiger charge is 2.32. The van der Waals surface area contributed by atoms with Gasteiger partial charge in [-0.2, -0.15) is 14.0 Å². The summed E-state index contributed by atoms with van der Waals surface area (Å²) in [7, 11) is 0. The van der Waals surface area contributed by atoms with Crippen molar-refractivity contribution in [2.45, 2.75) is 32.1 Å². The number of H-pyrrole nitrogens is 1. The molecule has 2 aromatic heterocycles. The number of benzene rings is 1. The largest absolute Gasteiger partial charge is 0.481 e. The summed E-state index contributed by atoms with van der Waals surface area (Å²) in [5.41, 5.74) is 2.65. The van der Waals surface area contributed by atoms with Crippen LogP contribution in [0.3, 0.4) is 0 Å². The molecule has 2 atom stereocenters. The van der Waals surface area contributed by atoms with Gasteiger partial charge in [-0.1, -0.05) is 24.6 Å². The Balaban J connectivity index is 1.92. The number of carbonyl (C=O) groups is 1. The van der Waals surface area contributed by atoms with Crippen LogP contribution >= 0.6 is 11.7 Å². The van der Waals surface area contributed by atoms with Crippen LogP contribution in [0.2, 0.25) is 0 Å². The average Bonchev–Trinajstić information content (AvgIpc) is 3.20. The van der Waals surface area contributed by atoms with Gasteiger partial charge in [-0.25, -0.2) is 0 Å². The molecule has 9 heteroatoms. The van der Waals surface area contributed by atoms with Gasteiger partial charge in [0, 0.05) is 5.92 Å². The van der Waals surface area contributed by atoms with Crippen molar-refractivity contribution in [3.8, 4) is 0 Å². The van der Waals surface area contributed by atoms with Crippen LogP contribution in [0.1, 0.15) is 37.1 Å². The van der Waals surface area contributed by atoms with Crippen molar-refractivity contribution in [1.29, 1.82) is 0 Å². The smallest absolute Gasteiger partial charge is 0.307 e. The number of carboxylic acids is 1. The Bertz CT molecular complexity index is 788. The Hall–Kier alpha value is -2.42. The maximum atomic E-state index is 11.7. The van der Waals surface area contributed by atoms with Crippen molar-refractivity contribution < 1.29 is 9.90 Å². The SMILES string of the molecule is CCC[C@H](C(=O)O)[C@H](Cc1ccc2nsnc2c1)c1nn[nH]n1. The highest BCUT2D eigenvalue weighted by Crippen LogP contribution is 2.30. The molecule has 0 unspecified atom stereocenters. The molecule has 23 heavy (non-hydrogen) atoms. The lowest BCUT2D eigenvalue weighted by molar-refractivity contribution is -0.142. The topological polar surface area (TPSA) is 118 Å². The van der Waals surface area contributed by atoms with E-state index in [-0.39, 0.29) is 5.92 Å². The van der Waals surface area contributed by atoms with Crippen molar-refractivity contribution in [2.75, 3.05) is 0 Å². The number of aromatic nitrogens is 6. The summed E-state index contributed by atoms with van der Waals surface area (Å²) in [5.74, 6) is -1.29. The normalized spacial score (nSPS) is 14.0. The number of nitrogens with zero attached hydrogens (tertiary/aromatic N) is 5. The van der Waals surface area contributed by atoms with Crippen LogP contribution in [0.5, 0.6) is 0 Å². The molecular formula is C14H16N6O2S. The first-order chi connectivity index (χ1) is 11.2. The molecule has 0 saturated carbocycles. The molecule has 3 rings (SSSR count). The van der Waals surface area contributed by atoms with Gasteiger partial charge in [0.05, 0.1) is 17.6 Å². The van der Waals surface area contributed by atoms with Crippen LogP contribution in [0.25, 0.3) is 11.0 Å². The van der Waals surface area contributed by atoms with E-state index >= 15 is 0 Å². The van der Waals surface area contributed by atoms with Crippen LogP contribution in [-0.4, -0.2) is 40.4 Å². The van der Waals surface area contributed by atoms with Gasteiger partial charge < -0.3 is 5.11 Å². The fraction of sp³-hybridized carbons (Fsp3) is 0.429. The summed E-state index contributed by atoms with van der Waals surface area (Å²) in [5, 5.41) is 23.6. The van der Waals surface area contributed by atoms with E-state index in [1.54, 1.807) is 0 Å². The highest BCUT2D eigenvalue weighted by molar-refractivity contribution is 7.00. The quantitative estimate of drug-likeness (QED) is 0.679. The van der Waals surface area contributed by atoms with Gasteiger partial charge in [-0.05, 0) is 30.5 Å². The van der Waals surface area contributed by atoms with Gasteiger partial charge in [0.1, 0.15) is 11.0 Å².